The molecule has 4 rings (SSSR count). The van der Waals surface area contributed by atoms with E-state index in [4.69, 9.17) is 20.8 Å². The van der Waals surface area contributed by atoms with Crippen molar-refractivity contribution in [3.63, 3.8) is 0 Å². The summed E-state index contributed by atoms with van der Waals surface area (Å²) in [4.78, 5) is 21.5. The highest BCUT2D eigenvalue weighted by Crippen LogP contribution is 2.31. The van der Waals surface area contributed by atoms with Crippen molar-refractivity contribution in [1.29, 1.82) is 0 Å². The van der Waals surface area contributed by atoms with E-state index in [0.717, 1.165) is 12.1 Å². The lowest BCUT2D eigenvalue weighted by Crippen LogP contribution is -2.39. The van der Waals surface area contributed by atoms with E-state index in [0.29, 0.717) is 43.4 Å². The zero-order valence-corrected chi connectivity index (χ0v) is 18.7. The fourth-order valence-corrected chi connectivity index (χ4v) is 3.56. The van der Waals surface area contributed by atoms with E-state index in [1.54, 1.807) is 20.0 Å². The number of aryl methyl sites for hydroxylation is 1. The van der Waals surface area contributed by atoms with Crippen molar-refractivity contribution < 1.29 is 23.0 Å². The lowest BCUT2D eigenvalue weighted by molar-refractivity contribution is 0.122. The van der Waals surface area contributed by atoms with Crippen LogP contribution in [0.5, 0.6) is 17.4 Å². The number of nitrogens with zero attached hydrogens (tertiary/aromatic N) is 4. The molecule has 0 radical (unpaired) electrons. The Morgan fingerprint density at radius 1 is 1.15 bits per heavy atom. The van der Waals surface area contributed by atoms with Gasteiger partial charge in [-0.2, -0.15) is 4.98 Å². The van der Waals surface area contributed by atoms with Crippen molar-refractivity contribution in [2.45, 2.75) is 13.5 Å². The van der Waals surface area contributed by atoms with Gasteiger partial charge in [0.25, 0.3) is 0 Å². The Kier molecular flexibility index (Phi) is 6.75. The Morgan fingerprint density at radius 2 is 1.85 bits per heavy atom. The molecule has 176 valence electrons. The molecule has 34 heavy (non-hydrogen) atoms. The predicted molar refractivity (Wildman–Crippen MR) is 121 cm³/mol. The van der Waals surface area contributed by atoms with Crippen LogP contribution in [0.15, 0.2) is 41.2 Å². The summed E-state index contributed by atoms with van der Waals surface area (Å²) in [6.45, 7) is 10.9. The summed E-state index contributed by atoms with van der Waals surface area (Å²) in [5, 5.41) is 0. The van der Waals surface area contributed by atoms with Gasteiger partial charge in [0.15, 0.2) is 23.1 Å². The van der Waals surface area contributed by atoms with Gasteiger partial charge in [0.1, 0.15) is 18.2 Å². The van der Waals surface area contributed by atoms with Crippen molar-refractivity contribution in [1.82, 2.24) is 9.55 Å². The largest absolute Gasteiger partial charge is 0.473 e. The molecular formula is C24H22F2N4O4. The number of halogens is 2. The van der Waals surface area contributed by atoms with E-state index in [2.05, 4.69) is 9.83 Å². The van der Waals surface area contributed by atoms with Crippen LogP contribution in [0.25, 0.3) is 4.85 Å². The molecule has 1 aromatic heterocycles. The van der Waals surface area contributed by atoms with Gasteiger partial charge in [0.05, 0.1) is 19.8 Å². The number of hydrogen-bond acceptors (Lipinski definition) is 6. The Balaban J connectivity index is 1.50. The molecule has 1 aliphatic heterocycles. The maximum Gasteiger partial charge on any atom is 0.352 e. The van der Waals surface area contributed by atoms with Crippen LogP contribution in [0, 0.1) is 25.1 Å². The van der Waals surface area contributed by atoms with E-state index >= 15 is 0 Å². The lowest BCUT2D eigenvalue weighted by atomic mass is 10.2. The molecule has 1 fully saturated rings. The summed E-state index contributed by atoms with van der Waals surface area (Å²) in [6.07, 6.45) is 0. The van der Waals surface area contributed by atoms with Crippen molar-refractivity contribution in [3.8, 4) is 17.4 Å². The van der Waals surface area contributed by atoms with E-state index in [1.807, 2.05) is 4.90 Å². The minimum atomic E-state index is -0.906. The summed E-state index contributed by atoms with van der Waals surface area (Å²) >= 11 is 0. The van der Waals surface area contributed by atoms with E-state index in [9.17, 15) is 13.6 Å². The minimum Gasteiger partial charge on any atom is -0.473 e. The molecule has 0 amide bonds. The molecular weight excluding hydrogens is 446 g/mol. The van der Waals surface area contributed by atoms with Gasteiger partial charge in [-0.3, -0.25) is 4.57 Å². The standard InChI is InChI=1S/C24H22F2N4O4/c1-15-10-17(4-5-20(15)27-2)34-23-18(25)11-16(12-19(23)26)14-33-21-13-22(29(3)24(31)28-21)30-6-8-32-9-7-30/h4-5,10-13H,6-9,14H2,1,3H3. The first kappa shape index (κ1) is 23.2. The second-order valence-corrected chi connectivity index (χ2v) is 7.73. The highest BCUT2D eigenvalue weighted by atomic mass is 19.1. The molecule has 10 heteroatoms. The van der Waals surface area contributed by atoms with Gasteiger partial charge in [-0.25, -0.2) is 18.4 Å². The number of ether oxygens (including phenoxy) is 3. The van der Waals surface area contributed by atoms with Crippen molar-refractivity contribution >= 4 is 11.5 Å². The number of anilines is 1. The number of hydrogen-bond donors (Lipinski definition) is 0. The molecule has 3 aromatic rings. The first-order valence-corrected chi connectivity index (χ1v) is 10.5. The molecule has 0 bridgehead atoms. The summed E-state index contributed by atoms with van der Waals surface area (Å²) in [7, 11) is 1.62. The number of morpholine rings is 1. The van der Waals surface area contributed by atoms with Crippen LogP contribution in [0.4, 0.5) is 20.3 Å². The van der Waals surface area contributed by atoms with Crippen LogP contribution < -0.4 is 20.1 Å². The van der Waals surface area contributed by atoms with Crippen LogP contribution in [0.3, 0.4) is 0 Å². The predicted octanol–water partition coefficient (Wildman–Crippen LogP) is 4.13. The topological polar surface area (TPSA) is 70.2 Å². The van der Waals surface area contributed by atoms with Gasteiger partial charge >= 0.3 is 5.69 Å². The molecule has 1 aliphatic rings. The van der Waals surface area contributed by atoms with Gasteiger partial charge < -0.3 is 19.1 Å². The Hall–Kier alpha value is -3.97. The average Bonchev–Trinajstić information content (AvgIpc) is 2.82. The third-order valence-electron chi connectivity index (χ3n) is 5.38. The summed E-state index contributed by atoms with van der Waals surface area (Å²) in [5.41, 5.74) is 0.773. The van der Waals surface area contributed by atoms with Crippen LogP contribution in [-0.4, -0.2) is 35.9 Å². The Labute approximate surface area is 194 Å². The van der Waals surface area contributed by atoms with Crippen LogP contribution in [-0.2, 0) is 18.4 Å². The molecule has 0 aliphatic carbocycles. The highest BCUT2D eigenvalue weighted by molar-refractivity contribution is 5.55. The molecule has 0 N–H and O–H groups in total. The SMILES string of the molecule is [C-]#[N+]c1ccc(Oc2c(F)cc(COc3cc(N4CCOCC4)n(C)c(=O)n3)cc2F)cc1C. The maximum atomic E-state index is 14.6. The molecule has 0 spiro atoms. The second-order valence-electron chi connectivity index (χ2n) is 7.73. The molecule has 2 aromatic carbocycles. The Morgan fingerprint density at radius 3 is 2.50 bits per heavy atom. The molecule has 2 heterocycles. The van der Waals surface area contributed by atoms with Crippen LogP contribution in [0.2, 0.25) is 0 Å². The zero-order valence-electron chi connectivity index (χ0n) is 18.7. The monoisotopic (exact) mass is 468 g/mol. The quantitative estimate of drug-likeness (QED) is 0.507. The summed E-state index contributed by atoms with van der Waals surface area (Å²) in [6, 6.07) is 8.36. The van der Waals surface area contributed by atoms with Crippen molar-refractivity contribution in [2.75, 3.05) is 31.2 Å². The van der Waals surface area contributed by atoms with E-state index in [1.165, 1.54) is 22.8 Å². The number of rotatable bonds is 6. The molecule has 1 saturated heterocycles. The van der Waals surface area contributed by atoms with E-state index in [-0.39, 0.29) is 23.8 Å². The molecule has 8 nitrogen and oxygen atoms in total. The molecule has 0 saturated carbocycles. The van der Waals surface area contributed by atoms with E-state index < -0.39 is 23.1 Å². The second kappa shape index (κ2) is 9.89. The first-order valence-electron chi connectivity index (χ1n) is 10.5. The minimum absolute atomic E-state index is 0.0566. The highest BCUT2D eigenvalue weighted by Gasteiger charge is 2.18. The molecule has 0 atom stereocenters. The third-order valence-corrected chi connectivity index (χ3v) is 5.38. The van der Waals surface area contributed by atoms with Gasteiger partial charge in [-0.1, -0.05) is 6.07 Å². The lowest BCUT2D eigenvalue weighted by Gasteiger charge is -2.29. The van der Waals surface area contributed by atoms with Gasteiger partial charge in [0.2, 0.25) is 5.88 Å². The normalized spacial score (nSPS) is 13.4. The molecule has 0 unspecified atom stereocenters. The van der Waals surface area contributed by atoms with Gasteiger partial charge in [0, 0.05) is 26.2 Å². The summed E-state index contributed by atoms with van der Waals surface area (Å²) < 4.78 is 47.0. The fraction of sp³-hybridized carbons (Fsp3) is 0.292. The van der Waals surface area contributed by atoms with Crippen molar-refractivity contribution in [3.05, 3.63) is 81.1 Å². The Bertz CT molecular complexity index is 1290. The summed E-state index contributed by atoms with van der Waals surface area (Å²) in [5.74, 6) is -1.47. The third kappa shape index (κ3) is 5.00. The fourth-order valence-electron chi connectivity index (χ4n) is 3.56. The smallest absolute Gasteiger partial charge is 0.352 e. The maximum absolute atomic E-state index is 14.6. The average molecular weight is 468 g/mol. The zero-order chi connectivity index (χ0) is 24.2. The first-order chi connectivity index (χ1) is 16.4. The number of aromatic nitrogens is 2. The van der Waals surface area contributed by atoms with Gasteiger partial charge in [-0.05, 0) is 42.3 Å². The van der Waals surface area contributed by atoms with Crippen molar-refractivity contribution in [2.24, 2.45) is 7.05 Å². The van der Waals surface area contributed by atoms with Crippen LogP contribution >= 0.6 is 0 Å². The van der Waals surface area contributed by atoms with Gasteiger partial charge in [-0.15, -0.1) is 0 Å². The number of benzene rings is 2. The van der Waals surface area contributed by atoms with Crippen LogP contribution in [0.1, 0.15) is 11.1 Å².